The normalized spacial score (nSPS) is 14.8. The first-order chi connectivity index (χ1) is 9.22. The monoisotopic (exact) mass is 277 g/mol. The van der Waals surface area contributed by atoms with E-state index in [1.807, 2.05) is 30.2 Å². The van der Waals surface area contributed by atoms with Gasteiger partial charge in [-0.1, -0.05) is 0 Å². The van der Waals surface area contributed by atoms with Crippen molar-refractivity contribution >= 4 is 16.5 Å². The van der Waals surface area contributed by atoms with E-state index >= 15 is 0 Å². The van der Waals surface area contributed by atoms with E-state index in [2.05, 4.69) is 27.2 Å². The molecule has 0 saturated heterocycles. The van der Waals surface area contributed by atoms with Crippen molar-refractivity contribution < 1.29 is 0 Å². The number of nitrogens with one attached hydrogen (secondary N) is 1. The van der Waals surface area contributed by atoms with Crippen molar-refractivity contribution in [2.24, 2.45) is 7.05 Å². The third-order valence-electron chi connectivity index (χ3n) is 3.31. The molecule has 0 aromatic carbocycles. The van der Waals surface area contributed by atoms with E-state index in [0.29, 0.717) is 0 Å². The van der Waals surface area contributed by atoms with Crippen molar-refractivity contribution in [2.75, 3.05) is 11.9 Å². The van der Waals surface area contributed by atoms with Gasteiger partial charge in [0.25, 0.3) is 0 Å². The van der Waals surface area contributed by atoms with E-state index in [1.165, 1.54) is 17.7 Å². The summed E-state index contributed by atoms with van der Waals surface area (Å²) < 4.78 is 2.04. The molecule has 0 radical (unpaired) electrons. The highest BCUT2D eigenvalue weighted by atomic mass is 32.1. The number of hydrogen-bond donors (Lipinski definition) is 1. The molecule has 0 amide bonds. The first kappa shape index (κ1) is 12.6. The Morgan fingerprint density at radius 1 is 1.47 bits per heavy atom. The van der Waals surface area contributed by atoms with Crippen molar-refractivity contribution in [3.05, 3.63) is 29.3 Å². The van der Waals surface area contributed by atoms with Gasteiger partial charge in [-0.2, -0.15) is 0 Å². The molecule has 102 valence electrons. The largest absolute Gasteiger partial charge is 0.344 e. The van der Waals surface area contributed by atoms with Crippen LogP contribution in [0.1, 0.15) is 23.5 Å². The second kappa shape index (κ2) is 5.30. The first-order valence-electron chi connectivity index (χ1n) is 6.58. The lowest BCUT2D eigenvalue weighted by molar-refractivity contribution is 0.694. The molecule has 1 aliphatic rings. The predicted octanol–water partition coefficient (Wildman–Crippen LogP) is 1.76. The summed E-state index contributed by atoms with van der Waals surface area (Å²) in [6, 6.07) is 0.746. The summed E-state index contributed by atoms with van der Waals surface area (Å²) in [4.78, 5) is 12.3. The Morgan fingerprint density at radius 3 is 3.00 bits per heavy atom. The number of rotatable bonds is 6. The van der Waals surface area contributed by atoms with Crippen LogP contribution in [0.2, 0.25) is 0 Å². The van der Waals surface area contributed by atoms with Crippen LogP contribution in [-0.2, 0) is 20.1 Å². The molecule has 1 N–H and O–H groups in total. The van der Waals surface area contributed by atoms with Crippen molar-refractivity contribution in [1.29, 1.82) is 0 Å². The van der Waals surface area contributed by atoms with Crippen molar-refractivity contribution in [3.8, 4) is 0 Å². The van der Waals surface area contributed by atoms with E-state index in [9.17, 15) is 0 Å². The number of thiazole rings is 1. The Morgan fingerprint density at radius 2 is 2.32 bits per heavy atom. The molecular weight excluding hydrogens is 258 g/mol. The highest BCUT2D eigenvalue weighted by Crippen LogP contribution is 2.24. The zero-order valence-electron chi connectivity index (χ0n) is 11.3. The number of aromatic nitrogens is 3. The van der Waals surface area contributed by atoms with Crippen LogP contribution in [0.5, 0.6) is 0 Å². The predicted molar refractivity (Wildman–Crippen MR) is 77.3 cm³/mol. The van der Waals surface area contributed by atoms with Gasteiger partial charge in [-0.3, -0.25) is 0 Å². The molecule has 0 aliphatic heterocycles. The lowest BCUT2D eigenvalue weighted by atomic mass is 10.5. The molecule has 0 unspecified atom stereocenters. The number of aryl methyl sites for hydroxylation is 1. The number of anilines is 1. The topological polar surface area (TPSA) is 46.0 Å². The average molecular weight is 277 g/mol. The van der Waals surface area contributed by atoms with Gasteiger partial charge in [-0.15, -0.1) is 11.3 Å². The zero-order valence-corrected chi connectivity index (χ0v) is 12.2. The molecule has 0 spiro atoms. The number of nitrogens with zero attached hydrogens (tertiary/aromatic N) is 4. The van der Waals surface area contributed by atoms with Crippen molar-refractivity contribution in [3.63, 3.8) is 0 Å². The van der Waals surface area contributed by atoms with Crippen LogP contribution >= 0.6 is 11.3 Å². The molecule has 1 saturated carbocycles. The molecule has 2 aromatic rings. The van der Waals surface area contributed by atoms with Crippen molar-refractivity contribution in [2.45, 2.75) is 32.0 Å². The lowest BCUT2D eigenvalue weighted by Gasteiger charge is -2.15. The quantitative estimate of drug-likeness (QED) is 0.874. The molecule has 5 nitrogen and oxygen atoms in total. The van der Waals surface area contributed by atoms with Gasteiger partial charge in [0.15, 0.2) is 5.13 Å². The molecule has 19 heavy (non-hydrogen) atoms. The summed E-state index contributed by atoms with van der Waals surface area (Å²) in [5.41, 5.74) is 0. The van der Waals surface area contributed by atoms with Gasteiger partial charge in [-0.05, 0) is 12.8 Å². The average Bonchev–Trinajstić information content (AvgIpc) is 2.96. The van der Waals surface area contributed by atoms with Crippen LogP contribution in [0.15, 0.2) is 18.6 Å². The van der Waals surface area contributed by atoms with Gasteiger partial charge in [-0.25, -0.2) is 9.97 Å². The maximum atomic E-state index is 4.49. The smallest absolute Gasteiger partial charge is 0.185 e. The first-order valence-corrected chi connectivity index (χ1v) is 7.39. The molecule has 2 aromatic heterocycles. The summed E-state index contributed by atoms with van der Waals surface area (Å²) in [5, 5.41) is 4.57. The standard InChI is InChI=1S/C13H19N5S/c1-17-6-5-14-12(17)9-18(2)13-16-8-11(19-13)7-15-10-3-4-10/h5-6,8,10,15H,3-4,7,9H2,1-2H3. The summed E-state index contributed by atoms with van der Waals surface area (Å²) in [5.74, 6) is 1.05. The van der Waals surface area contributed by atoms with Gasteiger partial charge < -0.3 is 14.8 Å². The van der Waals surface area contributed by atoms with E-state index in [0.717, 1.165) is 30.1 Å². The van der Waals surface area contributed by atoms with Crippen molar-refractivity contribution in [1.82, 2.24) is 19.9 Å². The van der Waals surface area contributed by atoms with Crippen LogP contribution in [-0.4, -0.2) is 27.6 Å². The zero-order chi connectivity index (χ0) is 13.2. The summed E-state index contributed by atoms with van der Waals surface area (Å²) >= 11 is 1.75. The van der Waals surface area contributed by atoms with Crippen LogP contribution in [0.4, 0.5) is 5.13 Å². The highest BCUT2D eigenvalue weighted by Gasteiger charge is 2.20. The second-order valence-electron chi connectivity index (χ2n) is 5.07. The maximum absolute atomic E-state index is 4.49. The molecule has 2 heterocycles. The molecule has 1 fully saturated rings. The minimum absolute atomic E-state index is 0.746. The molecule has 6 heteroatoms. The Labute approximate surface area is 117 Å². The molecule has 1 aliphatic carbocycles. The molecule has 0 bridgehead atoms. The van der Waals surface area contributed by atoms with Gasteiger partial charge in [0.1, 0.15) is 5.82 Å². The van der Waals surface area contributed by atoms with E-state index in [-0.39, 0.29) is 0 Å². The molecule has 0 atom stereocenters. The Bertz CT molecular complexity index is 543. The molecule has 3 rings (SSSR count). The second-order valence-corrected chi connectivity index (χ2v) is 6.17. The summed E-state index contributed by atoms with van der Waals surface area (Å²) in [6.45, 7) is 1.73. The van der Waals surface area contributed by atoms with Crippen LogP contribution in [0.25, 0.3) is 0 Å². The van der Waals surface area contributed by atoms with E-state index in [4.69, 9.17) is 0 Å². The third-order valence-corrected chi connectivity index (χ3v) is 4.42. The van der Waals surface area contributed by atoms with Gasteiger partial charge >= 0.3 is 0 Å². The summed E-state index contributed by atoms with van der Waals surface area (Å²) in [7, 11) is 4.08. The number of hydrogen-bond acceptors (Lipinski definition) is 5. The fourth-order valence-corrected chi connectivity index (χ4v) is 2.74. The third kappa shape index (κ3) is 3.13. The Kier molecular flexibility index (Phi) is 3.52. The van der Waals surface area contributed by atoms with Gasteiger partial charge in [0.2, 0.25) is 0 Å². The SMILES string of the molecule is CN(Cc1nccn1C)c1ncc(CNC2CC2)s1. The highest BCUT2D eigenvalue weighted by molar-refractivity contribution is 7.15. The Balaban J connectivity index is 1.59. The fraction of sp³-hybridized carbons (Fsp3) is 0.538. The Hall–Kier alpha value is -1.40. The minimum atomic E-state index is 0.746. The maximum Gasteiger partial charge on any atom is 0.185 e. The summed E-state index contributed by atoms with van der Waals surface area (Å²) in [6.07, 6.45) is 8.42. The van der Waals surface area contributed by atoms with Crippen LogP contribution in [0, 0.1) is 0 Å². The number of imidazole rings is 1. The minimum Gasteiger partial charge on any atom is -0.344 e. The van der Waals surface area contributed by atoms with Crippen LogP contribution < -0.4 is 10.2 Å². The van der Waals surface area contributed by atoms with E-state index in [1.54, 1.807) is 11.3 Å². The lowest BCUT2D eigenvalue weighted by Crippen LogP contribution is -2.18. The van der Waals surface area contributed by atoms with Crippen LogP contribution in [0.3, 0.4) is 0 Å². The van der Waals surface area contributed by atoms with E-state index < -0.39 is 0 Å². The molecular formula is C13H19N5S. The van der Waals surface area contributed by atoms with Gasteiger partial charge in [0.05, 0.1) is 6.54 Å². The van der Waals surface area contributed by atoms with Gasteiger partial charge in [0, 0.05) is 50.1 Å². The fourth-order valence-electron chi connectivity index (χ4n) is 1.92.